The highest BCUT2D eigenvalue weighted by Gasteiger charge is 2.38. The number of piperazine rings is 1. The van der Waals surface area contributed by atoms with E-state index in [0.717, 1.165) is 30.2 Å². The number of aromatic nitrogens is 4. The molecule has 1 aliphatic carbocycles. The van der Waals surface area contributed by atoms with Crippen LogP contribution in [0.4, 0.5) is 23.8 Å². The van der Waals surface area contributed by atoms with Crippen molar-refractivity contribution in [3.05, 3.63) is 18.0 Å². The van der Waals surface area contributed by atoms with E-state index >= 15 is 0 Å². The van der Waals surface area contributed by atoms with Gasteiger partial charge in [-0.3, -0.25) is 0 Å². The van der Waals surface area contributed by atoms with Crippen LogP contribution in [0.2, 0.25) is 0 Å². The topological polar surface area (TPSA) is 78.7 Å². The van der Waals surface area contributed by atoms with Crippen molar-refractivity contribution in [2.45, 2.75) is 44.3 Å². The first-order chi connectivity index (χ1) is 13.4. The van der Waals surface area contributed by atoms with Crippen LogP contribution >= 0.6 is 0 Å². The number of fused-ring (bicyclic) bond motifs is 1. The third-order valence-electron chi connectivity index (χ3n) is 5.33. The van der Waals surface area contributed by atoms with Gasteiger partial charge in [-0.2, -0.15) is 17.7 Å². The Labute approximate surface area is 159 Å². The monoisotopic (exact) mass is 397 g/mol. The van der Waals surface area contributed by atoms with Gasteiger partial charge in [0.1, 0.15) is 5.82 Å². The predicted octanol–water partition coefficient (Wildman–Crippen LogP) is 2.31. The Bertz CT molecular complexity index is 839. The van der Waals surface area contributed by atoms with E-state index < -0.39 is 12.0 Å². The minimum atomic E-state index is -4.62. The molecule has 0 unspecified atom stereocenters. The number of carbonyl (C=O) groups is 1. The van der Waals surface area contributed by atoms with Gasteiger partial charge in [-0.25, -0.2) is 4.79 Å². The van der Waals surface area contributed by atoms with Crippen LogP contribution in [0.25, 0.3) is 5.65 Å². The minimum absolute atomic E-state index is 0.0431. The SMILES string of the molecule is O=C(NC1CCCCC1)N1CCN(c2ccc3nnc(C(F)(F)F)n3n2)CC1. The number of amides is 2. The molecular formula is C17H22F3N7O. The second-order valence-electron chi connectivity index (χ2n) is 7.24. The molecule has 2 aromatic heterocycles. The molecule has 1 aliphatic heterocycles. The van der Waals surface area contributed by atoms with Gasteiger partial charge in [0.25, 0.3) is 5.82 Å². The molecule has 1 saturated heterocycles. The number of nitrogens with one attached hydrogen (secondary N) is 1. The fourth-order valence-corrected chi connectivity index (χ4v) is 3.78. The van der Waals surface area contributed by atoms with E-state index in [9.17, 15) is 18.0 Å². The average molecular weight is 397 g/mol. The van der Waals surface area contributed by atoms with Gasteiger partial charge in [0.2, 0.25) is 0 Å². The van der Waals surface area contributed by atoms with Crippen molar-refractivity contribution in [3.63, 3.8) is 0 Å². The van der Waals surface area contributed by atoms with E-state index in [-0.39, 0.29) is 17.7 Å². The zero-order valence-electron chi connectivity index (χ0n) is 15.3. The fraction of sp³-hybridized carbons (Fsp3) is 0.647. The standard InChI is InChI=1S/C17H22F3N7O/c18-17(19,20)15-23-22-13-6-7-14(24-27(13)15)25-8-10-26(11-9-25)16(28)21-12-4-2-1-3-5-12/h6-7,12H,1-5,8-11H2,(H,21,28). The first kappa shape index (κ1) is 18.8. The van der Waals surface area contributed by atoms with Crippen molar-refractivity contribution in [3.8, 4) is 0 Å². The van der Waals surface area contributed by atoms with E-state index in [1.807, 2.05) is 4.90 Å². The van der Waals surface area contributed by atoms with E-state index in [0.29, 0.717) is 32.0 Å². The molecule has 8 nitrogen and oxygen atoms in total. The molecular weight excluding hydrogens is 375 g/mol. The first-order valence-corrected chi connectivity index (χ1v) is 9.52. The van der Waals surface area contributed by atoms with Crippen molar-refractivity contribution >= 4 is 17.5 Å². The summed E-state index contributed by atoms with van der Waals surface area (Å²) in [6, 6.07) is 3.28. The molecule has 2 fully saturated rings. The Hall–Kier alpha value is -2.59. The number of carbonyl (C=O) groups excluding carboxylic acids is 1. The summed E-state index contributed by atoms with van der Waals surface area (Å²) in [6.45, 7) is 1.99. The largest absolute Gasteiger partial charge is 0.453 e. The van der Waals surface area contributed by atoms with Crippen LogP contribution in [-0.2, 0) is 6.18 Å². The zero-order chi connectivity index (χ0) is 19.7. The molecule has 0 spiro atoms. The molecule has 2 aliphatic rings. The lowest BCUT2D eigenvalue weighted by molar-refractivity contribution is -0.146. The molecule has 3 heterocycles. The highest BCUT2D eigenvalue weighted by atomic mass is 19.4. The maximum Gasteiger partial charge on any atom is 0.453 e. The number of alkyl halides is 3. The zero-order valence-corrected chi connectivity index (χ0v) is 15.3. The summed E-state index contributed by atoms with van der Waals surface area (Å²) in [5.41, 5.74) is 0.0431. The van der Waals surface area contributed by atoms with Crippen molar-refractivity contribution in [2.24, 2.45) is 0 Å². The number of hydrogen-bond acceptors (Lipinski definition) is 5. The molecule has 0 radical (unpaired) electrons. The number of nitrogens with zero attached hydrogens (tertiary/aromatic N) is 6. The van der Waals surface area contributed by atoms with Crippen molar-refractivity contribution in [1.82, 2.24) is 30.0 Å². The maximum absolute atomic E-state index is 13.0. The molecule has 0 atom stereocenters. The van der Waals surface area contributed by atoms with Crippen LogP contribution in [0.3, 0.4) is 0 Å². The molecule has 152 valence electrons. The van der Waals surface area contributed by atoms with E-state index in [1.165, 1.54) is 12.5 Å². The van der Waals surface area contributed by atoms with Crippen LogP contribution in [0, 0.1) is 0 Å². The lowest BCUT2D eigenvalue weighted by Crippen LogP contribution is -2.54. The highest BCUT2D eigenvalue weighted by Crippen LogP contribution is 2.28. The van der Waals surface area contributed by atoms with Gasteiger partial charge in [-0.15, -0.1) is 15.3 Å². The van der Waals surface area contributed by atoms with Crippen LogP contribution in [0.5, 0.6) is 0 Å². The third-order valence-corrected chi connectivity index (χ3v) is 5.33. The van der Waals surface area contributed by atoms with Gasteiger partial charge in [0.05, 0.1) is 0 Å². The van der Waals surface area contributed by atoms with Crippen molar-refractivity contribution in [2.75, 3.05) is 31.1 Å². The quantitative estimate of drug-likeness (QED) is 0.841. The number of hydrogen-bond donors (Lipinski definition) is 1. The van der Waals surface area contributed by atoms with Crippen LogP contribution in [0.1, 0.15) is 37.9 Å². The van der Waals surface area contributed by atoms with E-state index in [4.69, 9.17) is 0 Å². The Morgan fingerprint density at radius 3 is 2.43 bits per heavy atom. The molecule has 0 bridgehead atoms. The molecule has 1 N–H and O–H groups in total. The Balaban J connectivity index is 1.40. The summed E-state index contributed by atoms with van der Waals surface area (Å²) in [6.07, 6.45) is 0.948. The third kappa shape index (κ3) is 3.83. The molecule has 0 aromatic carbocycles. The summed E-state index contributed by atoms with van der Waals surface area (Å²) < 4.78 is 39.8. The summed E-state index contributed by atoms with van der Waals surface area (Å²) in [5, 5.41) is 13.9. The average Bonchev–Trinajstić information content (AvgIpc) is 3.12. The van der Waals surface area contributed by atoms with Crippen LogP contribution in [-0.4, -0.2) is 63.0 Å². The van der Waals surface area contributed by atoms with Gasteiger partial charge in [0, 0.05) is 32.2 Å². The molecule has 2 aromatic rings. The predicted molar refractivity (Wildman–Crippen MR) is 95.0 cm³/mol. The summed E-state index contributed by atoms with van der Waals surface area (Å²) in [7, 11) is 0. The van der Waals surface area contributed by atoms with Gasteiger partial charge < -0.3 is 15.1 Å². The highest BCUT2D eigenvalue weighted by molar-refractivity contribution is 5.75. The summed E-state index contributed by atoms with van der Waals surface area (Å²) >= 11 is 0. The maximum atomic E-state index is 13.0. The second kappa shape index (κ2) is 7.44. The Morgan fingerprint density at radius 2 is 1.75 bits per heavy atom. The summed E-state index contributed by atoms with van der Waals surface area (Å²) in [5.74, 6) is -0.736. The van der Waals surface area contributed by atoms with Gasteiger partial charge >= 0.3 is 12.2 Å². The minimum Gasteiger partial charge on any atom is -0.352 e. The number of anilines is 1. The normalized spacial score (nSPS) is 19.2. The smallest absolute Gasteiger partial charge is 0.352 e. The van der Waals surface area contributed by atoms with Gasteiger partial charge in [-0.1, -0.05) is 19.3 Å². The molecule has 2 amide bonds. The lowest BCUT2D eigenvalue weighted by atomic mass is 9.96. The molecule has 11 heteroatoms. The van der Waals surface area contributed by atoms with Crippen LogP contribution in [0.15, 0.2) is 12.1 Å². The van der Waals surface area contributed by atoms with E-state index in [1.54, 1.807) is 11.0 Å². The van der Waals surface area contributed by atoms with Crippen molar-refractivity contribution < 1.29 is 18.0 Å². The second-order valence-corrected chi connectivity index (χ2v) is 7.24. The molecule has 28 heavy (non-hydrogen) atoms. The Morgan fingerprint density at radius 1 is 1.04 bits per heavy atom. The van der Waals surface area contributed by atoms with Crippen LogP contribution < -0.4 is 10.2 Å². The molecule has 1 saturated carbocycles. The molecule has 4 rings (SSSR count). The van der Waals surface area contributed by atoms with E-state index in [2.05, 4.69) is 20.6 Å². The number of halogens is 3. The summed E-state index contributed by atoms with van der Waals surface area (Å²) in [4.78, 5) is 16.1. The lowest BCUT2D eigenvalue weighted by Gasteiger charge is -2.36. The van der Waals surface area contributed by atoms with Gasteiger partial charge in [0.15, 0.2) is 5.65 Å². The van der Waals surface area contributed by atoms with Gasteiger partial charge in [-0.05, 0) is 25.0 Å². The Kier molecular flexibility index (Phi) is 4.98. The first-order valence-electron chi connectivity index (χ1n) is 9.52. The van der Waals surface area contributed by atoms with Crippen molar-refractivity contribution in [1.29, 1.82) is 0 Å². The number of rotatable bonds is 2. The fourth-order valence-electron chi connectivity index (χ4n) is 3.78. The number of urea groups is 1.